The Labute approximate surface area is 144 Å². The van der Waals surface area contributed by atoms with E-state index in [1.54, 1.807) is 4.90 Å². The van der Waals surface area contributed by atoms with Crippen LogP contribution in [0.15, 0.2) is 40.5 Å². The summed E-state index contributed by atoms with van der Waals surface area (Å²) in [4.78, 5) is 18.0. The van der Waals surface area contributed by atoms with Crippen LogP contribution in [0, 0.1) is 0 Å². The SMILES string of the molecule is C=C(Cl)/N=C(\C=C/CCCC)C1=CCN(C(=O)OC(C)(C)C)C1. The van der Waals surface area contributed by atoms with Gasteiger partial charge in [-0.15, -0.1) is 0 Å². The molecule has 0 radical (unpaired) electrons. The van der Waals surface area contributed by atoms with Crippen LogP contribution in [0.1, 0.15) is 47.0 Å². The van der Waals surface area contributed by atoms with Gasteiger partial charge in [-0.1, -0.05) is 50.1 Å². The van der Waals surface area contributed by atoms with E-state index in [9.17, 15) is 4.79 Å². The second kappa shape index (κ2) is 8.92. The van der Waals surface area contributed by atoms with Gasteiger partial charge in [0.2, 0.25) is 0 Å². The fraction of sp³-hybridized carbons (Fsp3) is 0.556. The molecule has 0 aromatic carbocycles. The summed E-state index contributed by atoms with van der Waals surface area (Å²) in [5.74, 6) is 0. The Morgan fingerprint density at radius 1 is 1.52 bits per heavy atom. The third-order valence-corrected chi connectivity index (χ3v) is 3.23. The number of amides is 1. The van der Waals surface area contributed by atoms with Crippen molar-refractivity contribution in [3.63, 3.8) is 0 Å². The highest BCUT2D eigenvalue weighted by molar-refractivity contribution is 6.30. The first-order valence-corrected chi connectivity index (χ1v) is 8.37. The fourth-order valence-electron chi connectivity index (χ4n) is 2.07. The van der Waals surface area contributed by atoms with Crippen LogP contribution in [-0.4, -0.2) is 35.4 Å². The van der Waals surface area contributed by atoms with Gasteiger partial charge in [0.1, 0.15) is 10.8 Å². The number of aliphatic imine (C=N–C) groups is 1. The molecular formula is C18H27ClN2O2. The monoisotopic (exact) mass is 338 g/mol. The Morgan fingerprint density at radius 3 is 2.78 bits per heavy atom. The third-order valence-electron chi connectivity index (χ3n) is 3.14. The van der Waals surface area contributed by atoms with E-state index in [2.05, 4.69) is 24.6 Å². The fourth-order valence-corrected chi connectivity index (χ4v) is 2.16. The second-order valence-corrected chi connectivity index (χ2v) is 6.94. The molecule has 1 amide bonds. The Morgan fingerprint density at radius 2 is 2.22 bits per heavy atom. The minimum absolute atomic E-state index is 0.233. The average Bonchev–Trinajstić information content (AvgIpc) is 2.89. The van der Waals surface area contributed by atoms with Crippen molar-refractivity contribution in [2.45, 2.75) is 52.6 Å². The molecule has 0 N–H and O–H groups in total. The van der Waals surface area contributed by atoms with Crippen LogP contribution >= 0.6 is 11.6 Å². The molecule has 23 heavy (non-hydrogen) atoms. The summed E-state index contributed by atoms with van der Waals surface area (Å²) in [5, 5.41) is 0.233. The van der Waals surface area contributed by atoms with Gasteiger partial charge < -0.3 is 9.64 Å². The molecule has 1 aliphatic rings. The van der Waals surface area contributed by atoms with Crippen molar-refractivity contribution in [3.05, 3.63) is 35.5 Å². The van der Waals surface area contributed by atoms with Crippen LogP contribution in [0.2, 0.25) is 0 Å². The molecule has 0 aromatic rings. The molecule has 0 aromatic heterocycles. The number of hydrogen-bond donors (Lipinski definition) is 0. The quantitative estimate of drug-likeness (QED) is 0.386. The van der Waals surface area contributed by atoms with Gasteiger partial charge in [-0.3, -0.25) is 0 Å². The normalized spacial score (nSPS) is 16.0. The molecule has 0 saturated heterocycles. The summed E-state index contributed by atoms with van der Waals surface area (Å²) < 4.78 is 5.40. The van der Waals surface area contributed by atoms with Gasteiger partial charge in [-0.05, 0) is 38.8 Å². The highest BCUT2D eigenvalue weighted by Gasteiger charge is 2.26. The van der Waals surface area contributed by atoms with Crippen molar-refractivity contribution >= 4 is 23.4 Å². The number of carbonyl (C=O) groups is 1. The largest absolute Gasteiger partial charge is 0.444 e. The topological polar surface area (TPSA) is 41.9 Å². The highest BCUT2D eigenvalue weighted by atomic mass is 35.5. The summed E-state index contributed by atoms with van der Waals surface area (Å²) in [6.45, 7) is 12.3. The summed E-state index contributed by atoms with van der Waals surface area (Å²) in [5.41, 5.74) is 1.22. The molecule has 0 unspecified atom stereocenters. The van der Waals surface area contributed by atoms with Crippen LogP contribution in [0.25, 0.3) is 0 Å². The number of halogens is 1. The first-order valence-electron chi connectivity index (χ1n) is 8.00. The van der Waals surface area contributed by atoms with Crippen LogP contribution in [0.4, 0.5) is 4.79 Å². The molecule has 5 heteroatoms. The molecule has 128 valence electrons. The molecule has 0 aliphatic carbocycles. The lowest BCUT2D eigenvalue weighted by molar-refractivity contribution is 0.0303. The zero-order valence-corrected chi connectivity index (χ0v) is 15.3. The van der Waals surface area contributed by atoms with Crippen molar-refractivity contribution in [2.75, 3.05) is 13.1 Å². The van der Waals surface area contributed by atoms with E-state index in [-0.39, 0.29) is 11.2 Å². The predicted octanol–water partition coefficient (Wildman–Crippen LogP) is 5.06. The van der Waals surface area contributed by atoms with Gasteiger partial charge in [0, 0.05) is 6.54 Å². The lowest BCUT2D eigenvalue weighted by Crippen LogP contribution is -2.35. The highest BCUT2D eigenvalue weighted by Crippen LogP contribution is 2.18. The van der Waals surface area contributed by atoms with E-state index in [4.69, 9.17) is 16.3 Å². The Hall–Kier alpha value is -1.55. The van der Waals surface area contributed by atoms with Crippen LogP contribution in [0.5, 0.6) is 0 Å². The molecule has 0 saturated carbocycles. The van der Waals surface area contributed by atoms with E-state index >= 15 is 0 Å². The van der Waals surface area contributed by atoms with Crippen LogP contribution < -0.4 is 0 Å². The summed E-state index contributed by atoms with van der Waals surface area (Å²) in [7, 11) is 0. The van der Waals surface area contributed by atoms with Crippen molar-refractivity contribution in [2.24, 2.45) is 4.99 Å². The second-order valence-electron chi connectivity index (χ2n) is 6.51. The standard InChI is InChI=1S/C18H27ClN2O2/c1-6-7-8-9-10-16(20-14(2)19)15-11-12-21(13-15)17(22)23-18(3,4)5/h9-11H,2,6-8,12-13H2,1,3-5H3/b10-9-,20-16+. The number of ether oxygens (including phenoxy) is 1. The van der Waals surface area contributed by atoms with Crippen molar-refractivity contribution in [3.8, 4) is 0 Å². The lowest BCUT2D eigenvalue weighted by atomic mass is 10.1. The predicted molar refractivity (Wildman–Crippen MR) is 97.0 cm³/mol. The van der Waals surface area contributed by atoms with Gasteiger partial charge >= 0.3 is 6.09 Å². The van der Waals surface area contributed by atoms with E-state index in [0.29, 0.717) is 13.1 Å². The Kier molecular flexibility index (Phi) is 7.56. The minimum Gasteiger partial charge on any atom is -0.444 e. The summed E-state index contributed by atoms with van der Waals surface area (Å²) >= 11 is 5.83. The molecule has 0 atom stereocenters. The number of carbonyl (C=O) groups excluding carboxylic acids is 1. The van der Waals surface area contributed by atoms with Gasteiger partial charge in [-0.25, -0.2) is 9.79 Å². The maximum absolute atomic E-state index is 12.1. The molecule has 0 fully saturated rings. The first-order chi connectivity index (χ1) is 10.7. The molecule has 4 nitrogen and oxygen atoms in total. The number of hydrogen-bond acceptors (Lipinski definition) is 3. The smallest absolute Gasteiger partial charge is 0.410 e. The average molecular weight is 339 g/mol. The maximum atomic E-state index is 12.1. The molecule has 1 heterocycles. The zero-order valence-electron chi connectivity index (χ0n) is 14.6. The minimum atomic E-state index is -0.499. The lowest BCUT2D eigenvalue weighted by Gasteiger charge is -2.24. The van der Waals surface area contributed by atoms with Crippen LogP contribution in [0.3, 0.4) is 0 Å². The van der Waals surface area contributed by atoms with Gasteiger partial charge in [0.15, 0.2) is 0 Å². The maximum Gasteiger partial charge on any atom is 0.410 e. The Balaban J connectivity index is 2.73. The number of nitrogens with zero attached hydrogens (tertiary/aromatic N) is 2. The number of rotatable bonds is 6. The van der Waals surface area contributed by atoms with E-state index in [0.717, 1.165) is 30.5 Å². The Bertz CT molecular complexity index is 528. The molecule has 0 bridgehead atoms. The van der Waals surface area contributed by atoms with Crippen molar-refractivity contribution in [1.82, 2.24) is 4.90 Å². The number of unbranched alkanes of at least 4 members (excludes halogenated alkanes) is 2. The van der Waals surface area contributed by atoms with Gasteiger partial charge in [-0.2, -0.15) is 0 Å². The molecule has 1 rings (SSSR count). The van der Waals surface area contributed by atoms with Crippen molar-refractivity contribution in [1.29, 1.82) is 0 Å². The first kappa shape index (κ1) is 19.5. The van der Waals surface area contributed by atoms with Crippen LogP contribution in [-0.2, 0) is 4.74 Å². The zero-order chi connectivity index (χ0) is 17.5. The van der Waals surface area contributed by atoms with E-state index in [1.807, 2.05) is 32.9 Å². The third kappa shape index (κ3) is 7.51. The molecule has 0 spiro atoms. The summed E-state index contributed by atoms with van der Waals surface area (Å²) in [6, 6.07) is 0. The van der Waals surface area contributed by atoms with Gasteiger partial charge in [0.05, 0.1) is 12.3 Å². The van der Waals surface area contributed by atoms with Gasteiger partial charge in [0.25, 0.3) is 0 Å². The van der Waals surface area contributed by atoms with E-state index < -0.39 is 5.60 Å². The summed E-state index contributed by atoms with van der Waals surface area (Å²) in [6.07, 6.45) is 8.97. The number of allylic oxidation sites excluding steroid dienone is 2. The van der Waals surface area contributed by atoms with E-state index in [1.165, 1.54) is 0 Å². The van der Waals surface area contributed by atoms with Crippen molar-refractivity contribution < 1.29 is 9.53 Å². The molecule has 1 aliphatic heterocycles. The molecular weight excluding hydrogens is 312 g/mol.